The van der Waals surface area contributed by atoms with Crippen LogP contribution in [0.5, 0.6) is 11.6 Å². The number of aromatic nitrogens is 5. The summed E-state index contributed by atoms with van der Waals surface area (Å²) in [7, 11) is 0. The van der Waals surface area contributed by atoms with Crippen molar-refractivity contribution in [2.45, 2.75) is 0 Å². The lowest BCUT2D eigenvalue weighted by Gasteiger charge is -2.11. The quantitative estimate of drug-likeness (QED) is 0.374. The van der Waals surface area contributed by atoms with E-state index in [2.05, 4.69) is 31.3 Å². The first-order valence-electron chi connectivity index (χ1n) is 10.5. The normalized spacial score (nSPS) is 11.2. The number of nitrogens with one attached hydrogen (secondary N) is 1. The molecule has 0 bridgehead atoms. The molecule has 3 aromatic carbocycles. The third-order valence-electron chi connectivity index (χ3n) is 5.29. The Morgan fingerprint density at radius 1 is 0.697 bits per heavy atom. The van der Waals surface area contributed by atoms with E-state index in [1.807, 2.05) is 78.9 Å². The summed E-state index contributed by atoms with van der Waals surface area (Å²) in [4.78, 5) is 21.2. The van der Waals surface area contributed by atoms with E-state index < -0.39 is 0 Å². The van der Waals surface area contributed by atoms with Crippen molar-refractivity contribution in [3.8, 4) is 22.9 Å². The molecule has 0 amide bonds. The molecule has 3 aromatic heterocycles. The zero-order valence-electron chi connectivity index (χ0n) is 17.4. The molecule has 0 aliphatic heterocycles. The Morgan fingerprint density at radius 2 is 1.48 bits per heavy atom. The van der Waals surface area contributed by atoms with Gasteiger partial charge < -0.3 is 9.72 Å². The fourth-order valence-electron chi connectivity index (χ4n) is 3.75. The Kier molecular flexibility index (Phi) is 4.73. The fraction of sp³-hybridized carbons (Fsp3) is 0. The Morgan fingerprint density at radius 3 is 2.36 bits per heavy atom. The Labute approximate surface area is 190 Å². The molecule has 2 radical (unpaired) electrons. The highest BCUT2D eigenvalue weighted by atomic mass is 16.5. The van der Waals surface area contributed by atoms with Gasteiger partial charge in [0, 0.05) is 29.5 Å². The van der Waals surface area contributed by atoms with Crippen LogP contribution in [0.25, 0.3) is 33.2 Å². The van der Waals surface area contributed by atoms with E-state index >= 15 is 0 Å². The van der Waals surface area contributed by atoms with Crippen LogP contribution in [0.15, 0.2) is 97.5 Å². The molecule has 3 heterocycles. The molecule has 0 saturated heterocycles. The summed E-state index contributed by atoms with van der Waals surface area (Å²) < 4.78 is 6.12. The fourth-order valence-corrected chi connectivity index (χ4v) is 3.75. The molecule has 0 spiro atoms. The largest absolute Gasteiger partial charge is 0.437 e. The number of benzene rings is 3. The molecule has 0 unspecified atom stereocenters. The molecule has 0 saturated carbocycles. The molecular weight excluding hydrogens is 410 g/mol. The van der Waals surface area contributed by atoms with E-state index in [9.17, 15) is 0 Å². The molecule has 0 aliphatic rings. The second-order valence-corrected chi connectivity index (χ2v) is 7.44. The first kappa shape index (κ1) is 19.1. The van der Waals surface area contributed by atoms with E-state index in [4.69, 9.17) is 4.74 Å². The van der Waals surface area contributed by atoms with Gasteiger partial charge in [0.05, 0.1) is 23.0 Å². The van der Waals surface area contributed by atoms with Crippen molar-refractivity contribution < 1.29 is 4.74 Å². The molecule has 6 nitrogen and oxygen atoms in total. The van der Waals surface area contributed by atoms with Crippen LogP contribution in [0.2, 0.25) is 0 Å². The zero-order chi connectivity index (χ0) is 22.0. The van der Waals surface area contributed by atoms with Gasteiger partial charge in [-0.15, -0.1) is 0 Å². The molecule has 6 heteroatoms. The number of para-hydroxylation sites is 3. The van der Waals surface area contributed by atoms with Crippen LogP contribution >= 0.6 is 0 Å². The lowest BCUT2D eigenvalue weighted by molar-refractivity contribution is 0.462. The molecular formula is C27H17N5O. The highest BCUT2D eigenvalue weighted by Crippen LogP contribution is 2.33. The summed E-state index contributed by atoms with van der Waals surface area (Å²) in [5, 5.41) is 0.996. The molecule has 0 aliphatic carbocycles. The molecule has 0 atom stereocenters. The van der Waals surface area contributed by atoms with E-state index in [0.29, 0.717) is 23.1 Å². The van der Waals surface area contributed by atoms with Gasteiger partial charge in [-0.2, -0.15) is 0 Å². The molecule has 6 rings (SSSR count). The highest BCUT2D eigenvalue weighted by Gasteiger charge is 2.14. The standard InChI is InChI=1S/C27H17N5O/c1-2-6-22-20(5-1)21(13-14-28-22)26-27(30-16-15-29-26)33-19-11-9-18(10-12-19)17-25-31-23-7-3-4-8-24(23)32-25/h1-16H,(H,31,32). The maximum Gasteiger partial charge on any atom is 0.246 e. The van der Waals surface area contributed by atoms with Gasteiger partial charge in [0.2, 0.25) is 5.88 Å². The molecule has 33 heavy (non-hydrogen) atoms. The van der Waals surface area contributed by atoms with E-state index in [0.717, 1.165) is 33.1 Å². The predicted octanol–water partition coefficient (Wildman–Crippen LogP) is 5.84. The van der Waals surface area contributed by atoms with Crippen LogP contribution in [0.4, 0.5) is 0 Å². The van der Waals surface area contributed by atoms with Gasteiger partial charge in [-0.3, -0.25) is 4.98 Å². The predicted molar refractivity (Wildman–Crippen MR) is 127 cm³/mol. The van der Waals surface area contributed by atoms with Gasteiger partial charge in [0.15, 0.2) is 0 Å². The number of rotatable bonds is 5. The first-order chi connectivity index (χ1) is 16.3. The van der Waals surface area contributed by atoms with Crippen LogP contribution in [-0.2, 0) is 0 Å². The van der Waals surface area contributed by atoms with Gasteiger partial charge in [-0.25, -0.2) is 15.0 Å². The van der Waals surface area contributed by atoms with Gasteiger partial charge >= 0.3 is 0 Å². The Bertz CT molecular complexity index is 1540. The van der Waals surface area contributed by atoms with Crippen LogP contribution < -0.4 is 4.74 Å². The number of aromatic amines is 1. The van der Waals surface area contributed by atoms with Gasteiger partial charge in [0.1, 0.15) is 17.3 Å². The molecule has 156 valence electrons. The van der Waals surface area contributed by atoms with Crippen molar-refractivity contribution in [1.29, 1.82) is 0 Å². The van der Waals surface area contributed by atoms with Crippen molar-refractivity contribution in [3.05, 3.63) is 115 Å². The second kappa shape index (κ2) is 8.16. The van der Waals surface area contributed by atoms with Crippen molar-refractivity contribution in [2.24, 2.45) is 0 Å². The van der Waals surface area contributed by atoms with Crippen molar-refractivity contribution in [2.75, 3.05) is 0 Å². The van der Waals surface area contributed by atoms with E-state index in [-0.39, 0.29) is 0 Å². The number of H-pyrrole nitrogens is 1. The SMILES string of the molecule is [C](c1ccc(Oc2nccnc2-c2ccnc3ccccc23)cc1)c1nc2ccccc2[nH]1. The Balaban J connectivity index is 1.27. The molecule has 6 aromatic rings. The zero-order valence-corrected chi connectivity index (χ0v) is 17.4. The van der Waals surface area contributed by atoms with Crippen molar-refractivity contribution in [3.63, 3.8) is 0 Å². The minimum atomic E-state index is 0.437. The maximum absolute atomic E-state index is 6.12. The lowest BCUT2D eigenvalue weighted by atomic mass is 10.1. The van der Waals surface area contributed by atoms with Crippen LogP contribution in [0, 0.1) is 6.42 Å². The average Bonchev–Trinajstić information content (AvgIpc) is 3.28. The second-order valence-electron chi connectivity index (χ2n) is 7.44. The number of nitrogens with zero attached hydrogens (tertiary/aromatic N) is 4. The summed E-state index contributed by atoms with van der Waals surface area (Å²) in [6, 6.07) is 25.4. The van der Waals surface area contributed by atoms with Crippen LogP contribution in [-0.4, -0.2) is 24.9 Å². The first-order valence-corrected chi connectivity index (χ1v) is 10.5. The number of fused-ring (bicyclic) bond motifs is 2. The third-order valence-corrected chi connectivity index (χ3v) is 5.29. The van der Waals surface area contributed by atoms with E-state index in [1.54, 1.807) is 18.6 Å². The number of hydrogen-bond donors (Lipinski definition) is 1. The summed E-state index contributed by atoms with van der Waals surface area (Å²) in [6.07, 6.45) is 8.35. The minimum Gasteiger partial charge on any atom is -0.437 e. The van der Waals surface area contributed by atoms with Gasteiger partial charge in [-0.05, 0) is 42.0 Å². The Hall–Kier alpha value is -4.58. The average molecular weight is 427 g/mol. The third kappa shape index (κ3) is 3.78. The highest BCUT2D eigenvalue weighted by molar-refractivity contribution is 5.94. The topological polar surface area (TPSA) is 76.6 Å². The number of ether oxygens (including phenoxy) is 1. The molecule has 1 N–H and O–H groups in total. The summed E-state index contributed by atoms with van der Waals surface area (Å²) in [5.41, 5.74) is 5.28. The van der Waals surface area contributed by atoms with Crippen molar-refractivity contribution >= 4 is 21.9 Å². The maximum atomic E-state index is 6.12. The van der Waals surface area contributed by atoms with Crippen LogP contribution in [0.1, 0.15) is 11.4 Å². The summed E-state index contributed by atoms with van der Waals surface area (Å²) in [6.45, 7) is 0. The van der Waals surface area contributed by atoms with Gasteiger partial charge in [-0.1, -0.05) is 42.5 Å². The number of imidazole rings is 1. The minimum absolute atomic E-state index is 0.437. The summed E-state index contributed by atoms with van der Waals surface area (Å²) >= 11 is 0. The summed E-state index contributed by atoms with van der Waals surface area (Å²) in [5.74, 6) is 1.78. The molecule has 0 fully saturated rings. The van der Waals surface area contributed by atoms with Crippen LogP contribution in [0.3, 0.4) is 0 Å². The van der Waals surface area contributed by atoms with Crippen molar-refractivity contribution in [1.82, 2.24) is 24.9 Å². The lowest BCUT2D eigenvalue weighted by Crippen LogP contribution is -1.95. The smallest absolute Gasteiger partial charge is 0.246 e. The van der Waals surface area contributed by atoms with Gasteiger partial charge in [0.25, 0.3) is 0 Å². The number of pyridine rings is 1. The number of hydrogen-bond acceptors (Lipinski definition) is 5. The monoisotopic (exact) mass is 427 g/mol. The van der Waals surface area contributed by atoms with E-state index in [1.165, 1.54) is 0 Å².